The van der Waals surface area contributed by atoms with E-state index in [2.05, 4.69) is 10.8 Å². The lowest BCUT2D eigenvalue weighted by molar-refractivity contribution is -0.134. The van der Waals surface area contributed by atoms with Crippen molar-refractivity contribution in [2.24, 2.45) is 0 Å². The molecule has 0 bridgehead atoms. The summed E-state index contributed by atoms with van der Waals surface area (Å²) in [6.07, 6.45) is 1.20. The molecule has 0 spiro atoms. The Hall–Kier alpha value is -2.72. The highest BCUT2D eigenvalue weighted by atomic mass is 19.1. The van der Waals surface area contributed by atoms with Gasteiger partial charge in [-0.1, -0.05) is 0 Å². The van der Waals surface area contributed by atoms with Crippen LogP contribution in [0.5, 0.6) is 0 Å². The molecule has 3 N–H and O–H groups in total. The van der Waals surface area contributed by atoms with Crippen molar-refractivity contribution in [3.05, 3.63) is 35.4 Å². The van der Waals surface area contributed by atoms with E-state index in [1.54, 1.807) is 11.0 Å². The number of amides is 2. The first-order valence-corrected chi connectivity index (χ1v) is 8.90. The molecule has 0 aliphatic carbocycles. The normalized spacial score (nSPS) is 19.3. The van der Waals surface area contributed by atoms with E-state index >= 15 is 0 Å². The summed E-state index contributed by atoms with van der Waals surface area (Å²) in [6.45, 7) is 2.15. The highest BCUT2D eigenvalue weighted by Gasteiger charge is 2.26. The maximum Gasteiger partial charge on any atom is 0.248 e. The summed E-state index contributed by atoms with van der Waals surface area (Å²) in [5, 5.41) is 11.5. The fourth-order valence-corrected chi connectivity index (χ4v) is 3.20. The minimum absolute atomic E-state index is 0.144. The third kappa shape index (κ3) is 4.39. The minimum atomic E-state index is -0.718. The van der Waals surface area contributed by atoms with E-state index in [-0.39, 0.29) is 49.9 Å². The first-order chi connectivity index (χ1) is 13.4. The molecule has 10 heteroatoms. The van der Waals surface area contributed by atoms with Gasteiger partial charge in [-0.25, -0.2) is 8.78 Å². The molecule has 2 amide bonds. The van der Waals surface area contributed by atoms with Gasteiger partial charge in [0, 0.05) is 38.7 Å². The number of aliphatic hydroxyl groups is 1. The Balaban J connectivity index is 1.71. The molecule has 1 aromatic rings. The van der Waals surface area contributed by atoms with Crippen molar-refractivity contribution in [1.29, 1.82) is 0 Å². The Morgan fingerprint density at radius 3 is 2.46 bits per heavy atom. The Labute approximate surface area is 160 Å². The predicted molar refractivity (Wildman–Crippen MR) is 96.9 cm³/mol. The van der Waals surface area contributed by atoms with E-state index in [9.17, 15) is 18.4 Å². The standard InChI is InChI=1S/C18H22F2N4O4/c1-11(26)21-9-13-8-16(22-28-13)12-6-14(19)18(15(20)7-12)24-4-2-23(3-5-24)17(27)10-25/h6-8,13,22,25H,2-5,9-10H2,1H3,(H,21,26). The fraction of sp³-hybridized carbons (Fsp3) is 0.444. The number of piperazine rings is 1. The number of nitrogens with one attached hydrogen (secondary N) is 2. The van der Waals surface area contributed by atoms with Crippen LogP contribution in [0.1, 0.15) is 12.5 Å². The van der Waals surface area contributed by atoms with Crippen LogP contribution in [-0.2, 0) is 14.4 Å². The van der Waals surface area contributed by atoms with Crippen LogP contribution >= 0.6 is 0 Å². The lowest BCUT2D eigenvalue weighted by atomic mass is 10.1. The van der Waals surface area contributed by atoms with Crippen molar-refractivity contribution in [2.75, 3.05) is 44.2 Å². The van der Waals surface area contributed by atoms with Gasteiger partial charge in [0.25, 0.3) is 0 Å². The zero-order valence-electron chi connectivity index (χ0n) is 15.4. The molecule has 0 radical (unpaired) electrons. The van der Waals surface area contributed by atoms with Crippen LogP contribution in [0.25, 0.3) is 5.70 Å². The molecular formula is C18H22F2N4O4. The highest BCUT2D eigenvalue weighted by Crippen LogP contribution is 2.29. The smallest absolute Gasteiger partial charge is 0.248 e. The number of hydrogen-bond acceptors (Lipinski definition) is 6. The molecule has 2 aliphatic rings. The van der Waals surface area contributed by atoms with Gasteiger partial charge < -0.3 is 20.2 Å². The molecule has 28 heavy (non-hydrogen) atoms. The van der Waals surface area contributed by atoms with E-state index < -0.39 is 30.3 Å². The van der Waals surface area contributed by atoms with Gasteiger partial charge in [0.2, 0.25) is 11.8 Å². The zero-order valence-corrected chi connectivity index (χ0v) is 15.4. The number of carbonyl (C=O) groups is 2. The molecule has 152 valence electrons. The zero-order chi connectivity index (χ0) is 20.3. The van der Waals surface area contributed by atoms with Gasteiger partial charge in [-0.05, 0) is 18.2 Å². The number of halogens is 2. The quantitative estimate of drug-likeness (QED) is 0.648. The molecule has 0 saturated carbocycles. The number of hydroxylamine groups is 1. The Kier molecular flexibility index (Phi) is 6.10. The number of aliphatic hydroxyl groups excluding tert-OH is 1. The predicted octanol–water partition coefficient (Wildman–Crippen LogP) is -0.0139. The number of nitrogens with zero attached hydrogens (tertiary/aromatic N) is 2. The molecule has 2 aliphatic heterocycles. The third-order valence-corrected chi connectivity index (χ3v) is 4.64. The minimum Gasteiger partial charge on any atom is -0.387 e. The van der Waals surface area contributed by atoms with Crippen LogP contribution in [0.2, 0.25) is 0 Å². The average Bonchev–Trinajstić information content (AvgIpc) is 3.15. The van der Waals surface area contributed by atoms with Crippen LogP contribution in [0, 0.1) is 11.6 Å². The van der Waals surface area contributed by atoms with Gasteiger partial charge in [-0.2, -0.15) is 0 Å². The van der Waals surface area contributed by atoms with E-state index in [0.29, 0.717) is 5.70 Å². The number of carbonyl (C=O) groups excluding carboxylic acids is 2. The largest absolute Gasteiger partial charge is 0.387 e. The van der Waals surface area contributed by atoms with E-state index in [1.165, 1.54) is 24.0 Å². The SMILES string of the molecule is CC(=O)NCC1C=C(c2cc(F)c(N3CCN(C(=O)CO)CC3)c(F)c2)NO1. The summed E-state index contributed by atoms with van der Waals surface area (Å²) in [6, 6.07) is 2.43. The summed E-state index contributed by atoms with van der Waals surface area (Å²) < 4.78 is 29.3. The molecule has 0 aromatic heterocycles. The first-order valence-electron chi connectivity index (χ1n) is 8.90. The van der Waals surface area contributed by atoms with Crippen LogP contribution in [0.4, 0.5) is 14.5 Å². The molecule has 3 rings (SSSR count). The van der Waals surface area contributed by atoms with Crippen molar-refractivity contribution in [1.82, 2.24) is 15.7 Å². The summed E-state index contributed by atoms with van der Waals surface area (Å²) in [7, 11) is 0. The van der Waals surface area contributed by atoms with Crippen molar-refractivity contribution in [3.8, 4) is 0 Å². The Morgan fingerprint density at radius 1 is 1.25 bits per heavy atom. The van der Waals surface area contributed by atoms with Crippen LogP contribution < -0.4 is 15.7 Å². The molecular weight excluding hydrogens is 374 g/mol. The molecule has 1 fully saturated rings. The Bertz CT molecular complexity index is 771. The average molecular weight is 396 g/mol. The summed E-state index contributed by atoms with van der Waals surface area (Å²) in [5.41, 5.74) is 3.18. The number of rotatable bonds is 5. The van der Waals surface area contributed by atoms with Gasteiger partial charge >= 0.3 is 0 Å². The number of hydrogen-bond donors (Lipinski definition) is 3. The summed E-state index contributed by atoms with van der Waals surface area (Å²) in [4.78, 5) is 30.7. The van der Waals surface area contributed by atoms with Gasteiger partial charge in [0.15, 0.2) is 0 Å². The summed E-state index contributed by atoms with van der Waals surface area (Å²) in [5.74, 6) is -2.04. The van der Waals surface area contributed by atoms with Gasteiger partial charge in [-0.15, -0.1) is 0 Å². The topological polar surface area (TPSA) is 94.1 Å². The maximum absolute atomic E-state index is 14.7. The Morgan fingerprint density at radius 2 is 1.89 bits per heavy atom. The second kappa shape index (κ2) is 8.53. The molecule has 8 nitrogen and oxygen atoms in total. The van der Waals surface area contributed by atoms with Crippen molar-refractivity contribution in [3.63, 3.8) is 0 Å². The summed E-state index contributed by atoms with van der Waals surface area (Å²) >= 11 is 0. The van der Waals surface area contributed by atoms with Gasteiger partial charge in [0.05, 0.1) is 12.2 Å². The maximum atomic E-state index is 14.7. The number of anilines is 1. The fourth-order valence-electron chi connectivity index (χ4n) is 3.20. The molecule has 2 heterocycles. The third-order valence-electron chi connectivity index (χ3n) is 4.64. The van der Waals surface area contributed by atoms with Crippen LogP contribution in [0.3, 0.4) is 0 Å². The highest BCUT2D eigenvalue weighted by molar-refractivity contribution is 5.77. The number of benzene rings is 1. The molecule has 1 aromatic carbocycles. The van der Waals surface area contributed by atoms with Gasteiger partial charge in [0.1, 0.15) is 30.0 Å². The second-order valence-electron chi connectivity index (χ2n) is 6.59. The second-order valence-corrected chi connectivity index (χ2v) is 6.59. The van der Waals surface area contributed by atoms with Crippen molar-refractivity contribution >= 4 is 23.2 Å². The van der Waals surface area contributed by atoms with Crippen molar-refractivity contribution in [2.45, 2.75) is 13.0 Å². The van der Waals surface area contributed by atoms with E-state index in [1.807, 2.05) is 0 Å². The lowest BCUT2D eigenvalue weighted by Gasteiger charge is -2.36. The van der Waals surface area contributed by atoms with Crippen LogP contribution in [0.15, 0.2) is 18.2 Å². The molecule has 1 saturated heterocycles. The van der Waals surface area contributed by atoms with Gasteiger partial charge in [-0.3, -0.25) is 19.9 Å². The lowest BCUT2D eigenvalue weighted by Crippen LogP contribution is -2.50. The van der Waals surface area contributed by atoms with Crippen LogP contribution in [-0.4, -0.2) is 67.3 Å². The first kappa shape index (κ1) is 20.0. The monoisotopic (exact) mass is 396 g/mol. The molecule has 1 unspecified atom stereocenters. The molecule has 1 atom stereocenters. The van der Waals surface area contributed by atoms with E-state index in [4.69, 9.17) is 9.94 Å². The van der Waals surface area contributed by atoms with Crippen molar-refractivity contribution < 1.29 is 28.3 Å². The van der Waals surface area contributed by atoms with E-state index in [0.717, 1.165) is 0 Å².